The van der Waals surface area contributed by atoms with E-state index in [2.05, 4.69) is 17.1 Å². The Morgan fingerprint density at radius 3 is 2.58 bits per heavy atom. The third-order valence-electron chi connectivity index (χ3n) is 3.87. The molecule has 1 aliphatic rings. The molecule has 5 heteroatoms. The molecule has 1 N–H and O–H groups in total. The number of rotatable bonds is 8. The van der Waals surface area contributed by atoms with Gasteiger partial charge in [0.15, 0.2) is 9.84 Å². The minimum atomic E-state index is -2.91. The first kappa shape index (κ1) is 16.9. The molecule has 1 atom stereocenters. The summed E-state index contributed by atoms with van der Waals surface area (Å²) in [6.45, 7) is 10.6. The maximum atomic E-state index is 11.9. The van der Waals surface area contributed by atoms with E-state index in [1.165, 1.54) is 12.8 Å². The van der Waals surface area contributed by atoms with E-state index in [1.54, 1.807) is 13.8 Å². The van der Waals surface area contributed by atoms with Gasteiger partial charge >= 0.3 is 0 Å². The molecule has 0 aromatic rings. The minimum Gasteiger partial charge on any atom is -0.316 e. The van der Waals surface area contributed by atoms with Gasteiger partial charge in [0.1, 0.15) is 0 Å². The highest BCUT2D eigenvalue weighted by Crippen LogP contribution is 2.12. The van der Waals surface area contributed by atoms with Crippen molar-refractivity contribution in [3.63, 3.8) is 0 Å². The van der Waals surface area contributed by atoms with Gasteiger partial charge in [-0.2, -0.15) is 0 Å². The van der Waals surface area contributed by atoms with Crippen LogP contribution in [0.25, 0.3) is 0 Å². The molecular formula is C14H30N2O2S. The van der Waals surface area contributed by atoms with Crippen molar-refractivity contribution < 1.29 is 8.42 Å². The van der Waals surface area contributed by atoms with E-state index >= 15 is 0 Å². The molecule has 0 spiro atoms. The lowest BCUT2D eigenvalue weighted by molar-refractivity contribution is 0.217. The van der Waals surface area contributed by atoms with Gasteiger partial charge in [-0.25, -0.2) is 8.42 Å². The van der Waals surface area contributed by atoms with E-state index < -0.39 is 9.84 Å². The van der Waals surface area contributed by atoms with Crippen molar-refractivity contribution in [1.29, 1.82) is 0 Å². The van der Waals surface area contributed by atoms with Crippen molar-refractivity contribution in [2.24, 2.45) is 5.92 Å². The highest BCUT2D eigenvalue weighted by Gasteiger charge is 2.20. The van der Waals surface area contributed by atoms with Crippen molar-refractivity contribution in [2.75, 3.05) is 38.5 Å². The van der Waals surface area contributed by atoms with Gasteiger partial charge < -0.3 is 10.2 Å². The second-order valence-electron chi connectivity index (χ2n) is 5.93. The van der Waals surface area contributed by atoms with Crippen LogP contribution in [0.15, 0.2) is 0 Å². The Morgan fingerprint density at radius 1 is 1.32 bits per heavy atom. The van der Waals surface area contributed by atoms with Gasteiger partial charge in [0, 0.05) is 13.1 Å². The van der Waals surface area contributed by atoms with Gasteiger partial charge in [-0.05, 0) is 58.7 Å². The summed E-state index contributed by atoms with van der Waals surface area (Å²) in [5.74, 6) is 0.979. The zero-order valence-electron chi connectivity index (χ0n) is 12.7. The molecule has 1 heterocycles. The van der Waals surface area contributed by atoms with Gasteiger partial charge in [0.25, 0.3) is 0 Å². The number of sulfone groups is 1. The summed E-state index contributed by atoms with van der Waals surface area (Å²) in [4.78, 5) is 2.33. The number of nitrogens with one attached hydrogen (secondary N) is 1. The fraction of sp³-hybridized carbons (Fsp3) is 1.00. The van der Waals surface area contributed by atoms with Gasteiger partial charge in [0.05, 0.1) is 11.0 Å². The van der Waals surface area contributed by atoms with Crippen LogP contribution in [0.1, 0.15) is 40.0 Å². The largest absolute Gasteiger partial charge is 0.316 e. The summed E-state index contributed by atoms with van der Waals surface area (Å²) in [5.41, 5.74) is 0. The van der Waals surface area contributed by atoms with Crippen LogP contribution in [-0.4, -0.2) is 57.0 Å². The van der Waals surface area contributed by atoms with Crippen molar-refractivity contribution >= 4 is 9.84 Å². The lowest BCUT2D eigenvalue weighted by atomic mass is 9.99. The van der Waals surface area contributed by atoms with E-state index in [0.717, 1.165) is 32.6 Å². The maximum Gasteiger partial charge on any atom is 0.153 e. The topological polar surface area (TPSA) is 49.4 Å². The van der Waals surface area contributed by atoms with Crippen LogP contribution in [0, 0.1) is 5.92 Å². The first-order chi connectivity index (χ1) is 8.95. The molecule has 1 aliphatic heterocycles. The maximum absolute atomic E-state index is 11.9. The fourth-order valence-electron chi connectivity index (χ4n) is 2.55. The zero-order valence-corrected chi connectivity index (χ0v) is 13.5. The monoisotopic (exact) mass is 290 g/mol. The summed E-state index contributed by atoms with van der Waals surface area (Å²) in [5, 5.41) is 3.17. The standard InChI is InChI=1S/C14H30N2O2S/c1-4-8-16(9-10-19(17,18)13(2)3)12-14-6-5-7-15-11-14/h13-15H,4-12H2,1-3H3. The average Bonchev–Trinajstić information content (AvgIpc) is 2.37. The second kappa shape index (κ2) is 8.22. The van der Waals surface area contributed by atoms with Crippen LogP contribution in [0.5, 0.6) is 0 Å². The Hall–Kier alpha value is -0.130. The van der Waals surface area contributed by atoms with E-state index in [4.69, 9.17) is 0 Å². The van der Waals surface area contributed by atoms with E-state index in [-0.39, 0.29) is 5.25 Å². The molecule has 0 saturated carbocycles. The number of hydrogen-bond donors (Lipinski definition) is 1. The highest BCUT2D eigenvalue weighted by atomic mass is 32.2. The Bertz CT molecular complexity index is 335. The third-order valence-corrected chi connectivity index (χ3v) is 6.05. The SMILES string of the molecule is CCCN(CCS(=O)(=O)C(C)C)CC1CCCNC1. The number of piperidine rings is 1. The molecule has 1 fully saturated rings. The van der Waals surface area contributed by atoms with Crippen LogP contribution in [0.4, 0.5) is 0 Å². The van der Waals surface area contributed by atoms with Crippen molar-refractivity contribution in [3.8, 4) is 0 Å². The van der Waals surface area contributed by atoms with Gasteiger partial charge in [-0.1, -0.05) is 6.92 Å². The number of hydrogen-bond acceptors (Lipinski definition) is 4. The van der Waals surface area contributed by atoms with Crippen molar-refractivity contribution in [3.05, 3.63) is 0 Å². The summed E-state index contributed by atoms with van der Waals surface area (Å²) in [6, 6.07) is 0. The van der Waals surface area contributed by atoms with Crippen LogP contribution in [-0.2, 0) is 9.84 Å². The van der Waals surface area contributed by atoms with Crippen LogP contribution < -0.4 is 5.32 Å². The molecule has 0 aromatic heterocycles. The van der Waals surface area contributed by atoms with E-state index in [0.29, 0.717) is 18.2 Å². The molecule has 114 valence electrons. The Kier molecular flexibility index (Phi) is 7.32. The first-order valence-electron chi connectivity index (χ1n) is 7.60. The lowest BCUT2D eigenvalue weighted by Gasteiger charge is -2.30. The highest BCUT2D eigenvalue weighted by molar-refractivity contribution is 7.92. The Balaban J connectivity index is 2.43. The van der Waals surface area contributed by atoms with Gasteiger partial charge in [0.2, 0.25) is 0 Å². The summed E-state index contributed by atoms with van der Waals surface area (Å²) >= 11 is 0. The van der Waals surface area contributed by atoms with Crippen LogP contribution >= 0.6 is 0 Å². The quantitative estimate of drug-likeness (QED) is 0.736. The lowest BCUT2D eigenvalue weighted by Crippen LogP contribution is -2.40. The van der Waals surface area contributed by atoms with Gasteiger partial charge in [-0.3, -0.25) is 0 Å². The third kappa shape index (κ3) is 6.23. The molecule has 1 saturated heterocycles. The molecule has 1 rings (SSSR count). The molecule has 0 aromatic carbocycles. The predicted octanol–water partition coefficient (Wildman–Crippen LogP) is 1.52. The fourth-order valence-corrected chi connectivity index (χ4v) is 3.53. The van der Waals surface area contributed by atoms with Gasteiger partial charge in [-0.15, -0.1) is 0 Å². The zero-order chi connectivity index (χ0) is 14.3. The second-order valence-corrected chi connectivity index (χ2v) is 8.61. The van der Waals surface area contributed by atoms with E-state index in [1.807, 2.05) is 0 Å². The summed E-state index contributed by atoms with van der Waals surface area (Å²) in [7, 11) is -2.91. The molecule has 1 unspecified atom stereocenters. The first-order valence-corrected chi connectivity index (χ1v) is 9.32. The molecule has 0 amide bonds. The van der Waals surface area contributed by atoms with Crippen LogP contribution in [0.3, 0.4) is 0 Å². The molecule has 19 heavy (non-hydrogen) atoms. The Labute approximate surface area is 118 Å². The Morgan fingerprint density at radius 2 is 2.05 bits per heavy atom. The smallest absolute Gasteiger partial charge is 0.153 e. The van der Waals surface area contributed by atoms with Crippen LogP contribution in [0.2, 0.25) is 0 Å². The minimum absolute atomic E-state index is 0.257. The molecular weight excluding hydrogens is 260 g/mol. The molecule has 4 nitrogen and oxygen atoms in total. The number of nitrogens with zero attached hydrogens (tertiary/aromatic N) is 1. The van der Waals surface area contributed by atoms with E-state index in [9.17, 15) is 8.42 Å². The molecule has 0 bridgehead atoms. The molecule has 0 radical (unpaired) electrons. The normalized spacial score (nSPS) is 21.2. The summed E-state index contributed by atoms with van der Waals surface area (Å²) in [6.07, 6.45) is 3.60. The average molecular weight is 290 g/mol. The van der Waals surface area contributed by atoms with Crippen molar-refractivity contribution in [2.45, 2.75) is 45.3 Å². The summed E-state index contributed by atoms with van der Waals surface area (Å²) < 4.78 is 23.8. The predicted molar refractivity (Wildman–Crippen MR) is 81.2 cm³/mol. The molecule has 0 aliphatic carbocycles. The van der Waals surface area contributed by atoms with Crippen molar-refractivity contribution in [1.82, 2.24) is 10.2 Å².